The molecule has 1 N–H and O–H groups in total. The molecule has 0 radical (unpaired) electrons. The largest absolute Gasteiger partial charge is 0.354 e. The van der Waals surface area contributed by atoms with Crippen LogP contribution in [0.25, 0.3) is 0 Å². The Morgan fingerprint density at radius 1 is 1.50 bits per heavy atom. The van der Waals surface area contributed by atoms with E-state index in [4.69, 9.17) is 16.9 Å². The summed E-state index contributed by atoms with van der Waals surface area (Å²) in [6, 6.07) is 2.05. The van der Waals surface area contributed by atoms with Gasteiger partial charge in [-0.05, 0) is 18.0 Å². The van der Waals surface area contributed by atoms with Crippen LogP contribution in [0.1, 0.15) is 13.3 Å². The minimum absolute atomic E-state index is 0.102. The Kier molecular flexibility index (Phi) is 5.88. The average Bonchev–Trinajstić information content (AvgIpc) is 2.35. The molecule has 0 spiro atoms. The minimum atomic E-state index is 0.102. The first-order chi connectivity index (χ1) is 8.71. The Balaban J connectivity index is 2.95. The molecule has 1 aromatic heterocycles. The molecule has 6 nitrogen and oxygen atoms in total. The highest BCUT2D eigenvalue weighted by molar-refractivity contribution is 6.28. The van der Waals surface area contributed by atoms with Gasteiger partial charge in [0.25, 0.3) is 0 Å². The number of hydrogen-bond acceptors (Lipinski definition) is 6. The molecule has 0 fully saturated rings. The van der Waals surface area contributed by atoms with Gasteiger partial charge in [0.2, 0.25) is 17.2 Å². The maximum atomic E-state index is 8.76. The number of rotatable bonds is 7. The minimum Gasteiger partial charge on any atom is -0.354 e. The fraction of sp³-hybridized carbons (Fsp3) is 0.455. The molecular formula is C11H15ClN6. The molecule has 0 aromatic carbocycles. The van der Waals surface area contributed by atoms with Gasteiger partial charge in [-0.3, -0.25) is 0 Å². The highest BCUT2D eigenvalue weighted by Crippen LogP contribution is 2.13. The van der Waals surface area contributed by atoms with Gasteiger partial charge in [-0.2, -0.15) is 20.2 Å². The van der Waals surface area contributed by atoms with E-state index in [1.165, 1.54) is 0 Å². The van der Waals surface area contributed by atoms with E-state index < -0.39 is 0 Å². The van der Waals surface area contributed by atoms with Crippen molar-refractivity contribution < 1.29 is 0 Å². The monoisotopic (exact) mass is 266 g/mol. The number of nitriles is 1. The van der Waals surface area contributed by atoms with Crippen LogP contribution in [0.3, 0.4) is 0 Å². The molecule has 0 bridgehead atoms. The normalized spacial score (nSPS) is 9.61. The second kappa shape index (κ2) is 7.45. The first-order valence-corrected chi connectivity index (χ1v) is 5.97. The summed E-state index contributed by atoms with van der Waals surface area (Å²) in [5.41, 5.74) is 0. The standard InChI is InChI=1S/C11H15ClN6/c1-3-6-14-10-15-9(12)16-11(17-10)18(7-4-2)8-5-13/h4H,2-3,6-8H2,1H3,(H,14,15,16,17). The summed E-state index contributed by atoms with van der Waals surface area (Å²) in [5.74, 6) is 0.786. The summed E-state index contributed by atoms with van der Waals surface area (Å²) >= 11 is 5.84. The van der Waals surface area contributed by atoms with Crippen molar-refractivity contribution in [3.63, 3.8) is 0 Å². The third kappa shape index (κ3) is 4.18. The van der Waals surface area contributed by atoms with Crippen LogP contribution in [0.2, 0.25) is 5.28 Å². The van der Waals surface area contributed by atoms with Crippen LogP contribution in [0.15, 0.2) is 12.7 Å². The van der Waals surface area contributed by atoms with Crippen molar-refractivity contribution in [1.29, 1.82) is 5.26 Å². The Bertz CT molecular complexity index is 442. The van der Waals surface area contributed by atoms with Gasteiger partial charge in [-0.15, -0.1) is 6.58 Å². The molecular weight excluding hydrogens is 252 g/mol. The van der Waals surface area contributed by atoms with E-state index in [-0.39, 0.29) is 11.8 Å². The quantitative estimate of drug-likeness (QED) is 0.600. The average molecular weight is 267 g/mol. The van der Waals surface area contributed by atoms with Gasteiger partial charge in [0.1, 0.15) is 6.54 Å². The Morgan fingerprint density at radius 2 is 2.28 bits per heavy atom. The third-order valence-electron chi connectivity index (χ3n) is 2.02. The second-order valence-electron chi connectivity index (χ2n) is 3.48. The van der Waals surface area contributed by atoms with Gasteiger partial charge in [-0.1, -0.05) is 13.0 Å². The van der Waals surface area contributed by atoms with Gasteiger partial charge in [-0.25, -0.2) is 0 Å². The molecule has 1 rings (SSSR count). The molecule has 0 aliphatic rings. The van der Waals surface area contributed by atoms with Crippen LogP contribution < -0.4 is 10.2 Å². The van der Waals surface area contributed by atoms with Gasteiger partial charge in [0.15, 0.2) is 0 Å². The lowest BCUT2D eigenvalue weighted by molar-refractivity contribution is 0.867. The van der Waals surface area contributed by atoms with Gasteiger partial charge in [0.05, 0.1) is 6.07 Å². The van der Waals surface area contributed by atoms with Crippen LogP contribution in [-0.4, -0.2) is 34.6 Å². The number of nitrogens with zero attached hydrogens (tertiary/aromatic N) is 5. The summed E-state index contributed by atoms with van der Waals surface area (Å²) in [6.07, 6.45) is 2.63. The predicted octanol–water partition coefficient (Wildman–Crippen LogP) is 1.86. The van der Waals surface area contributed by atoms with Crippen molar-refractivity contribution in [2.24, 2.45) is 0 Å². The fourth-order valence-corrected chi connectivity index (χ4v) is 1.41. The van der Waals surface area contributed by atoms with E-state index in [2.05, 4.69) is 26.8 Å². The van der Waals surface area contributed by atoms with E-state index in [0.29, 0.717) is 18.4 Å². The summed E-state index contributed by atoms with van der Waals surface area (Å²) in [4.78, 5) is 13.9. The number of halogens is 1. The highest BCUT2D eigenvalue weighted by atomic mass is 35.5. The molecule has 1 aromatic rings. The topological polar surface area (TPSA) is 77.7 Å². The van der Waals surface area contributed by atoms with Crippen molar-refractivity contribution in [2.45, 2.75) is 13.3 Å². The predicted molar refractivity (Wildman–Crippen MR) is 71.6 cm³/mol. The van der Waals surface area contributed by atoms with Crippen molar-refractivity contribution in [3.05, 3.63) is 17.9 Å². The zero-order valence-corrected chi connectivity index (χ0v) is 11.0. The fourth-order valence-electron chi connectivity index (χ4n) is 1.26. The van der Waals surface area contributed by atoms with Crippen molar-refractivity contribution in [1.82, 2.24) is 15.0 Å². The molecule has 0 amide bonds. The van der Waals surface area contributed by atoms with E-state index in [9.17, 15) is 0 Å². The number of anilines is 2. The summed E-state index contributed by atoms with van der Waals surface area (Å²) in [5, 5.41) is 11.9. The van der Waals surface area contributed by atoms with Crippen LogP contribution >= 0.6 is 11.6 Å². The first-order valence-electron chi connectivity index (χ1n) is 5.59. The van der Waals surface area contributed by atoms with Gasteiger partial charge < -0.3 is 10.2 Å². The summed E-state index contributed by atoms with van der Waals surface area (Å²) in [6.45, 7) is 7.06. The molecule has 0 aliphatic heterocycles. The van der Waals surface area contributed by atoms with Crippen LogP contribution in [0.4, 0.5) is 11.9 Å². The maximum Gasteiger partial charge on any atom is 0.232 e. The second-order valence-corrected chi connectivity index (χ2v) is 3.82. The zero-order valence-electron chi connectivity index (χ0n) is 10.2. The highest BCUT2D eigenvalue weighted by Gasteiger charge is 2.11. The van der Waals surface area contributed by atoms with Crippen LogP contribution in [0.5, 0.6) is 0 Å². The number of nitrogens with one attached hydrogen (secondary N) is 1. The third-order valence-corrected chi connectivity index (χ3v) is 2.19. The van der Waals surface area contributed by atoms with Gasteiger partial charge >= 0.3 is 0 Å². The van der Waals surface area contributed by atoms with E-state index >= 15 is 0 Å². The lowest BCUT2D eigenvalue weighted by Gasteiger charge is -2.17. The van der Waals surface area contributed by atoms with Crippen molar-refractivity contribution in [2.75, 3.05) is 29.9 Å². The number of hydrogen-bond donors (Lipinski definition) is 1. The first kappa shape index (κ1) is 14.2. The van der Waals surface area contributed by atoms with E-state index in [1.807, 2.05) is 13.0 Å². The molecule has 7 heteroatoms. The SMILES string of the molecule is C=CCN(CC#N)c1nc(Cl)nc(NCCC)n1. The molecule has 0 saturated carbocycles. The Labute approximate surface area is 111 Å². The zero-order chi connectivity index (χ0) is 13.4. The molecule has 0 atom stereocenters. The lowest BCUT2D eigenvalue weighted by atomic mass is 10.5. The lowest BCUT2D eigenvalue weighted by Crippen LogP contribution is -2.26. The maximum absolute atomic E-state index is 8.76. The van der Waals surface area contributed by atoms with E-state index in [0.717, 1.165) is 13.0 Å². The molecule has 0 unspecified atom stereocenters. The summed E-state index contributed by atoms with van der Waals surface area (Å²) in [7, 11) is 0. The smallest absolute Gasteiger partial charge is 0.232 e. The molecule has 1 heterocycles. The molecule has 18 heavy (non-hydrogen) atoms. The Hall–Kier alpha value is -1.87. The van der Waals surface area contributed by atoms with Crippen LogP contribution in [-0.2, 0) is 0 Å². The van der Waals surface area contributed by atoms with Crippen molar-refractivity contribution >= 4 is 23.5 Å². The van der Waals surface area contributed by atoms with E-state index in [1.54, 1.807) is 11.0 Å². The van der Waals surface area contributed by atoms with Crippen molar-refractivity contribution in [3.8, 4) is 6.07 Å². The molecule has 96 valence electrons. The summed E-state index contributed by atoms with van der Waals surface area (Å²) < 4.78 is 0. The Morgan fingerprint density at radius 3 is 2.89 bits per heavy atom. The molecule has 0 aliphatic carbocycles. The number of aromatic nitrogens is 3. The van der Waals surface area contributed by atoms with Gasteiger partial charge in [0, 0.05) is 13.1 Å². The molecule has 0 saturated heterocycles. The van der Waals surface area contributed by atoms with Crippen LogP contribution in [0, 0.1) is 11.3 Å².